The maximum Gasteiger partial charge on any atom is 0.133 e. The number of rotatable bonds is 5. The molecule has 3 heterocycles. The Labute approximate surface area is 156 Å². The van der Waals surface area contributed by atoms with E-state index < -0.39 is 0 Å². The van der Waals surface area contributed by atoms with Crippen molar-refractivity contribution in [2.24, 2.45) is 0 Å². The predicted molar refractivity (Wildman–Crippen MR) is 105 cm³/mol. The second kappa shape index (κ2) is 8.14. The summed E-state index contributed by atoms with van der Waals surface area (Å²) in [6.07, 6.45) is 4.67. The summed E-state index contributed by atoms with van der Waals surface area (Å²) in [6.45, 7) is 8.36. The zero-order valence-electron chi connectivity index (χ0n) is 15.7. The van der Waals surface area contributed by atoms with Crippen LogP contribution >= 0.6 is 0 Å². The fraction of sp³-hybridized carbons (Fsp3) is 0.524. The van der Waals surface area contributed by atoms with Gasteiger partial charge < -0.3 is 10.6 Å². The van der Waals surface area contributed by atoms with Gasteiger partial charge in [0.25, 0.3) is 0 Å². The lowest BCUT2D eigenvalue weighted by molar-refractivity contribution is 0.331. The van der Waals surface area contributed by atoms with E-state index >= 15 is 0 Å². The van der Waals surface area contributed by atoms with Gasteiger partial charge in [0.05, 0.1) is 5.69 Å². The molecule has 1 aromatic carbocycles. The minimum atomic E-state index is 0.806. The van der Waals surface area contributed by atoms with E-state index in [9.17, 15) is 0 Å². The van der Waals surface area contributed by atoms with Crippen LogP contribution in [0.15, 0.2) is 24.3 Å². The molecular formula is C21H29N5. The quantitative estimate of drug-likeness (QED) is 0.867. The van der Waals surface area contributed by atoms with Crippen molar-refractivity contribution < 1.29 is 0 Å². The third-order valence-corrected chi connectivity index (χ3v) is 5.38. The van der Waals surface area contributed by atoms with Crippen molar-refractivity contribution in [2.45, 2.75) is 45.7 Å². The van der Waals surface area contributed by atoms with Crippen LogP contribution in [0.25, 0.3) is 0 Å². The van der Waals surface area contributed by atoms with Gasteiger partial charge in [-0.1, -0.05) is 24.3 Å². The lowest BCUT2D eigenvalue weighted by Gasteiger charge is -2.15. The van der Waals surface area contributed by atoms with Crippen molar-refractivity contribution in [3.8, 4) is 0 Å². The summed E-state index contributed by atoms with van der Waals surface area (Å²) in [6, 6.07) is 9.02. The molecule has 1 saturated heterocycles. The molecule has 0 spiro atoms. The van der Waals surface area contributed by atoms with Crippen LogP contribution in [0.2, 0.25) is 0 Å². The Kier molecular flexibility index (Phi) is 5.46. The van der Waals surface area contributed by atoms with E-state index in [0.29, 0.717) is 0 Å². The van der Waals surface area contributed by atoms with Crippen LogP contribution in [0, 0.1) is 6.92 Å². The number of aryl methyl sites for hydroxylation is 1. The molecule has 0 radical (unpaired) electrons. The Morgan fingerprint density at radius 3 is 2.54 bits per heavy atom. The van der Waals surface area contributed by atoms with E-state index in [4.69, 9.17) is 0 Å². The first-order valence-corrected chi connectivity index (χ1v) is 9.89. The predicted octanol–water partition coefficient (Wildman–Crippen LogP) is 2.68. The van der Waals surface area contributed by atoms with Crippen molar-refractivity contribution in [3.63, 3.8) is 0 Å². The maximum atomic E-state index is 4.67. The van der Waals surface area contributed by atoms with Gasteiger partial charge in [0, 0.05) is 31.6 Å². The van der Waals surface area contributed by atoms with E-state index in [0.717, 1.165) is 50.7 Å². The van der Waals surface area contributed by atoms with Gasteiger partial charge in [-0.2, -0.15) is 0 Å². The first kappa shape index (κ1) is 17.4. The van der Waals surface area contributed by atoms with Crippen LogP contribution in [0.3, 0.4) is 0 Å². The maximum absolute atomic E-state index is 4.67. The zero-order chi connectivity index (χ0) is 17.8. The minimum Gasteiger partial charge on any atom is -0.366 e. The molecule has 2 aliphatic heterocycles. The van der Waals surface area contributed by atoms with Crippen molar-refractivity contribution in [3.05, 3.63) is 52.5 Å². The average Bonchev–Trinajstić information content (AvgIpc) is 3.04. The number of hydrogen-bond acceptors (Lipinski definition) is 5. The van der Waals surface area contributed by atoms with Crippen LogP contribution in [-0.2, 0) is 25.9 Å². The average molecular weight is 351 g/mol. The molecule has 1 fully saturated rings. The fourth-order valence-electron chi connectivity index (χ4n) is 3.96. The second-order valence-electron chi connectivity index (χ2n) is 7.45. The van der Waals surface area contributed by atoms with E-state index in [-0.39, 0.29) is 0 Å². The molecule has 5 heteroatoms. The Morgan fingerprint density at radius 2 is 1.73 bits per heavy atom. The summed E-state index contributed by atoms with van der Waals surface area (Å²) in [4.78, 5) is 11.9. The molecule has 0 aliphatic carbocycles. The molecule has 4 rings (SSSR count). The highest BCUT2D eigenvalue weighted by Gasteiger charge is 2.15. The van der Waals surface area contributed by atoms with E-state index in [1.807, 2.05) is 6.92 Å². The highest BCUT2D eigenvalue weighted by atomic mass is 15.1. The van der Waals surface area contributed by atoms with Gasteiger partial charge in [-0.15, -0.1) is 0 Å². The molecule has 138 valence electrons. The van der Waals surface area contributed by atoms with Crippen molar-refractivity contribution in [1.29, 1.82) is 0 Å². The SMILES string of the molecule is Cc1nc2c(c(NCc3ccc(CN4CCCC4)cc3)n1)CCNCC2. The summed E-state index contributed by atoms with van der Waals surface area (Å²) in [5.41, 5.74) is 5.19. The van der Waals surface area contributed by atoms with Crippen LogP contribution < -0.4 is 10.6 Å². The summed E-state index contributed by atoms with van der Waals surface area (Å²) >= 11 is 0. The van der Waals surface area contributed by atoms with Crippen LogP contribution in [0.4, 0.5) is 5.82 Å². The first-order valence-electron chi connectivity index (χ1n) is 9.89. The van der Waals surface area contributed by atoms with Crippen LogP contribution in [0.5, 0.6) is 0 Å². The summed E-state index contributed by atoms with van der Waals surface area (Å²) in [5.74, 6) is 1.87. The summed E-state index contributed by atoms with van der Waals surface area (Å²) < 4.78 is 0. The number of nitrogens with one attached hydrogen (secondary N) is 2. The van der Waals surface area contributed by atoms with Gasteiger partial charge in [0.1, 0.15) is 11.6 Å². The van der Waals surface area contributed by atoms with Crippen molar-refractivity contribution in [1.82, 2.24) is 20.2 Å². The van der Waals surface area contributed by atoms with E-state index in [1.165, 1.54) is 48.3 Å². The van der Waals surface area contributed by atoms with Gasteiger partial charge in [-0.3, -0.25) is 4.90 Å². The standard InChI is InChI=1S/C21H29N5/c1-16-24-20-9-11-22-10-8-19(20)21(25-16)23-14-17-4-6-18(7-5-17)15-26-12-2-3-13-26/h4-7,22H,2-3,8-15H2,1H3,(H,23,24,25). The topological polar surface area (TPSA) is 53.1 Å². The number of aromatic nitrogens is 2. The number of benzene rings is 1. The normalized spacial score (nSPS) is 17.7. The van der Waals surface area contributed by atoms with Crippen LogP contribution in [0.1, 0.15) is 41.1 Å². The molecule has 5 nitrogen and oxygen atoms in total. The number of hydrogen-bond donors (Lipinski definition) is 2. The van der Waals surface area contributed by atoms with Gasteiger partial charge in [0.2, 0.25) is 0 Å². The number of likely N-dealkylation sites (tertiary alicyclic amines) is 1. The minimum absolute atomic E-state index is 0.806. The lowest BCUT2D eigenvalue weighted by atomic mass is 10.1. The molecule has 2 aliphatic rings. The van der Waals surface area contributed by atoms with Gasteiger partial charge in [-0.25, -0.2) is 9.97 Å². The molecule has 0 saturated carbocycles. The number of anilines is 1. The molecule has 26 heavy (non-hydrogen) atoms. The largest absolute Gasteiger partial charge is 0.366 e. The second-order valence-corrected chi connectivity index (χ2v) is 7.45. The molecular weight excluding hydrogens is 322 g/mol. The lowest BCUT2D eigenvalue weighted by Crippen LogP contribution is -2.18. The monoisotopic (exact) mass is 351 g/mol. The Balaban J connectivity index is 1.41. The van der Waals surface area contributed by atoms with Crippen molar-refractivity contribution in [2.75, 3.05) is 31.5 Å². The first-order chi connectivity index (χ1) is 12.8. The smallest absolute Gasteiger partial charge is 0.133 e. The molecule has 0 amide bonds. The third-order valence-electron chi connectivity index (χ3n) is 5.38. The summed E-state index contributed by atoms with van der Waals surface area (Å²) in [7, 11) is 0. The molecule has 0 unspecified atom stereocenters. The Hall–Kier alpha value is -1.98. The zero-order valence-corrected chi connectivity index (χ0v) is 15.7. The highest BCUT2D eigenvalue weighted by Crippen LogP contribution is 2.20. The third kappa shape index (κ3) is 4.22. The highest BCUT2D eigenvalue weighted by molar-refractivity contribution is 5.48. The van der Waals surface area contributed by atoms with Gasteiger partial charge >= 0.3 is 0 Å². The molecule has 2 aromatic rings. The number of fused-ring (bicyclic) bond motifs is 1. The van der Waals surface area contributed by atoms with Crippen LogP contribution in [-0.4, -0.2) is 41.0 Å². The molecule has 2 N–H and O–H groups in total. The van der Waals surface area contributed by atoms with Gasteiger partial charge in [-0.05, 0) is 56.9 Å². The Bertz CT molecular complexity index is 735. The van der Waals surface area contributed by atoms with Crippen molar-refractivity contribution >= 4 is 5.82 Å². The fourth-order valence-corrected chi connectivity index (χ4v) is 3.96. The molecule has 1 aromatic heterocycles. The Morgan fingerprint density at radius 1 is 1.00 bits per heavy atom. The molecule has 0 atom stereocenters. The summed E-state index contributed by atoms with van der Waals surface area (Å²) in [5, 5.41) is 7.01. The molecule has 0 bridgehead atoms. The van der Waals surface area contributed by atoms with Gasteiger partial charge in [0.15, 0.2) is 0 Å². The van der Waals surface area contributed by atoms with E-state index in [1.54, 1.807) is 0 Å². The van der Waals surface area contributed by atoms with E-state index in [2.05, 4.69) is 49.8 Å². The number of nitrogens with zero attached hydrogens (tertiary/aromatic N) is 3.